The van der Waals surface area contributed by atoms with E-state index in [0.717, 1.165) is 11.1 Å². The normalized spacial score (nSPS) is 10.3. The van der Waals surface area contributed by atoms with Gasteiger partial charge in [-0.15, -0.1) is 0 Å². The second-order valence-corrected chi connectivity index (χ2v) is 7.74. The molecule has 176 valence electrons. The summed E-state index contributed by atoms with van der Waals surface area (Å²) in [6.07, 6.45) is 0.0915. The lowest BCUT2D eigenvalue weighted by Crippen LogP contribution is -2.23. The maximum atomic E-state index is 12.6. The van der Waals surface area contributed by atoms with Crippen molar-refractivity contribution in [3.63, 3.8) is 0 Å². The number of halogens is 1. The molecule has 3 aromatic carbocycles. The van der Waals surface area contributed by atoms with Crippen molar-refractivity contribution in [3.05, 3.63) is 94.5 Å². The molecule has 7 nitrogen and oxygen atoms in total. The van der Waals surface area contributed by atoms with E-state index in [1.54, 1.807) is 43.3 Å². The predicted octanol–water partition coefficient (Wildman–Crippen LogP) is 5.38. The first kappa shape index (κ1) is 24.8. The Kier molecular flexibility index (Phi) is 9.05. The fourth-order valence-electron chi connectivity index (χ4n) is 3.12. The van der Waals surface area contributed by atoms with Crippen LogP contribution in [0.25, 0.3) is 0 Å². The fourth-order valence-corrected chi connectivity index (χ4v) is 3.35. The highest BCUT2D eigenvalue weighted by molar-refractivity contribution is 6.31. The van der Waals surface area contributed by atoms with Crippen LogP contribution in [0.5, 0.6) is 5.75 Å². The first-order valence-corrected chi connectivity index (χ1v) is 11.2. The van der Waals surface area contributed by atoms with Gasteiger partial charge < -0.3 is 20.1 Å². The maximum absolute atomic E-state index is 12.6. The molecule has 2 N–H and O–H groups in total. The summed E-state index contributed by atoms with van der Waals surface area (Å²) < 4.78 is 9.70. The number of rotatable bonds is 9. The molecular weight excluding hydrogens is 456 g/mol. The van der Waals surface area contributed by atoms with E-state index in [1.165, 1.54) is 12.1 Å². The monoisotopic (exact) mass is 480 g/mol. The molecule has 0 heterocycles. The van der Waals surface area contributed by atoms with Gasteiger partial charge in [0.1, 0.15) is 5.75 Å². The summed E-state index contributed by atoms with van der Waals surface area (Å²) in [5, 5.41) is 6.36. The van der Waals surface area contributed by atoms with E-state index in [0.29, 0.717) is 35.7 Å². The van der Waals surface area contributed by atoms with Gasteiger partial charge in [0.05, 0.1) is 6.61 Å². The molecular formula is C26H25ClN2O5. The number of hydrogen-bond acceptors (Lipinski definition) is 5. The molecule has 0 atom stereocenters. The zero-order valence-electron chi connectivity index (χ0n) is 18.7. The minimum Gasteiger partial charge on any atom is -0.434 e. The number of anilines is 1. The molecule has 2 amide bonds. The lowest BCUT2D eigenvalue weighted by atomic mass is 10.1. The summed E-state index contributed by atoms with van der Waals surface area (Å²) in [4.78, 5) is 36.1. The van der Waals surface area contributed by atoms with Crippen LogP contribution in [0.15, 0.2) is 72.8 Å². The molecule has 0 aliphatic rings. The molecule has 0 saturated heterocycles. The number of hydrogen-bond donors (Lipinski definition) is 2. The zero-order valence-corrected chi connectivity index (χ0v) is 19.4. The van der Waals surface area contributed by atoms with Gasteiger partial charge in [-0.05, 0) is 66.9 Å². The Morgan fingerprint density at radius 1 is 0.941 bits per heavy atom. The van der Waals surface area contributed by atoms with Gasteiger partial charge in [0.25, 0.3) is 5.91 Å². The smallest absolute Gasteiger partial charge is 0.434 e. The second kappa shape index (κ2) is 12.4. The highest BCUT2D eigenvalue weighted by Crippen LogP contribution is 2.17. The van der Waals surface area contributed by atoms with Crippen LogP contribution in [0.3, 0.4) is 0 Å². The maximum Gasteiger partial charge on any atom is 0.513 e. The first-order chi connectivity index (χ1) is 16.4. The molecule has 3 rings (SSSR count). The number of ether oxygens (including phenoxy) is 2. The van der Waals surface area contributed by atoms with Gasteiger partial charge in [-0.25, -0.2) is 4.79 Å². The van der Waals surface area contributed by atoms with E-state index in [2.05, 4.69) is 10.6 Å². The van der Waals surface area contributed by atoms with E-state index in [1.807, 2.05) is 24.3 Å². The van der Waals surface area contributed by atoms with Crippen molar-refractivity contribution in [2.75, 3.05) is 11.9 Å². The van der Waals surface area contributed by atoms with Gasteiger partial charge in [-0.1, -0.05) is 41.9 Å². The van der Waals surface area contributed by atoms with Crippen LogP contribution in [-0.2, 0) is 22.5 Å². The van der Waals surface area contributed by atoms with E-state index in [9.17, 15) is 14.4 Å². The number of carbonyl (C=O) groups excluding carboxylic acids is 3. The molecule has 0 unspecified atom stereocenters. The van der Waals surface area contributed by atoms with Gasteiger partial charge in [0, 0.05) is 29.2 Å². The number of nitrogens with one attached hydrogen (secondary N) is 2. The number of carbonyl (C=O) groups is 3. The van der Waals surface area contributed by atoms with Crippen LogP contribution >= 0.6 is 11.6 Å². The van der Waals surface area contributed by atoms with Gasteiger partial charge >= 0.3 is 6.16 Å². The van der Waals surface area contributed by atoms with Gasteiger partial charge in [0.2, 0.25) is 5.91 Å². The summed E-state index contributed by atoms with van der Waals surface area (Å²) >= 11 is 6.13. The topological polar surface area (TPSA) is 93.7 Å². The number of amides is 2. The van der Waals surface area contributed by atoms with Gasteiger partial charge in [0.15, 0.2) is 0 Å². The Morgan fingerprint density at radius 3 is 2.44 bits per heavy atom. The van der Waals surface area contributed by atoms with Crippen molar-refractivity contribution in [3.8, 4) is 5.75 Å². The minimum atomic E-state index is -0.799. The van der Waals surface area contributed by atoms with Gasteiger partial charge in [-0.3, -0.25) is 9.59 Å². The van der Waals surface area contributed by atoms with E-state index < -0.39 is 6.16 Å². The van der Waals surface area contributed by atoms with Crippen molar-refractivity contribution in [1.82, 2.24) is 5.32 Å². The quantitative estimate of drug-likeness (QED) is 0.317. The molecule has 0 spiro atoms. The van der Waals surface area contributed by atoms with E-state index in [-0.39, 0.29) is 24.2 Å². The number of aryl methyl sites for hydroxylation is 1. The highest BCUT2D eigenvalue weighted by Gasteiger charge is 2.10. The first-order valence-electron chi connectivity index (χ1n) is 10.8. The van der Waals surface area contributed by atoms with Crippen LogP contribution in [0.2, 0.25) is 5.02 Å². The molecule has 8 heteroatoms. The lowest BCUT2D eigenvalue weighted by Gasteiger charge is -2.10. The van der Waals surface area contributed by atoms with Crippen LogP contribution in [-0.4, -0.2) is 24.6 Å². The molecule has 0 bridgehead atoms. The molecule has 0 fully saturated rings. The van der Waals surface area contributed by atoms with Crippen LogP contribution in [0.1, 0.15) is 34.8 Å². The van der Waals surface area contributed by atoms with Gasteiger partial charge in [-0.2, -0.15) is 0 Å². The Hall–Kier alpha value is -3.84. The van der Waals surface area contributed by atoms with Crippen LogP contribution < -0.4 is 15.4 Å². The Labute approximate surface area is 203 Å². The van der Waals surface area contributed by atoms with Crippen molar-refractivity contribution in [2.45, 2.75) is 26.3 Å². The Bertz CT molecular complexity index is 1150. The molecule has 34 heavy (non-hydrogen) atoms. The van der Waals surface area contributed by atoms with Crippen molar-refractivity contribution < 1.29 is 23.9 Å². The van der Waals surface area contributed by atoms with Crippen molar-refractivity contribution in [2.24, 2.45) is 0 Å². The summed E-state index contributed by atoms with van der Waals surface area (Å²) in [6, 6.07) is 20.8. The summed E-state index contributed by atoms with van der Waals surface area (Å²) in [5.74, 6) is -0.120. The lowest BCUT2D eigenvalue weighted by molar-refractivity contribution is -0.121. The average molecular weight is 481 g/mol. The van der Waals surface area contributed by atoms with E-state index >= 15 is 0 Å². The predicted molar refractivity (Wildman–Crippen MR) is 130 cm³/mol. The average Bonchev–Trinajstić information content (AvgIpc) is 2.83. The molecule has 3 aromatic rings. The molecule has 0 radical (unpaired) electrons. The number of benzene rings is 3. The van der Waals surface area contributed by atoms with Crippen LogP contribution in [0.4, 0.5) is 10.5 Å². The summed E-state index contributed by atoms with van der Waals surface area (Å²) in [5.41, 5.74) is 2.78. The molecule has 0 aliphatic carbocycles. The third kappa shape index (κ3) is 7.64. The third-order valence-corrected chi connectivity index (χ3v) is 5.20. The fraction of sp³-hybridized carbons (Fsp3) is 0.192. The largest absolute Gasteiger partial charge is 0.513 e. The zero-order chi connectivity index (χ0) is 24.3. The highest BCUT2D eigenvalue weighted by atomic mass is 35.5. The summed E-state index contributed by atoms with van der Waals surface area (Å²) in [6.45, 7) is 2.23. The van der Waals surface area contributed by atoms with Crippen molar-refractivity contribution >= 4 is 35.3 Å². The SMILES string of the molecule is CCOC(=O)Oc1ccc(C(=O)Nc2cccc(CNC(=O)CCc3ccccc3Cl)c2)cc1. The molecule has 0 saturated carbocycles. The second-order valence-electron chi connectivity index (χ2n) is 7.33. The van der Waals surface area contributed by atoms with E-state index in [4.69, 9.17) is 21.1 Å². The third-order valence-electron chi connectivity index (χ3n) is 4.83. The standard InChI is InChI=1S/C26H25ClN2O5/c1-2-33-26(32)34-22-13-10-20(11-14-22)25(31)29-21-8-5-6-18(16-21)17-28-24(30)15-12-19-7-3-4-9-23(19)27/h3-11,13-14,16H,2,12,15,17H2,1H3,(H,28,30)(H,29,31). The molecule has 0 aromatic heterocycles. The Morgan fingerprint density at radius 2 is 1.71 bits per heavy atom. The Balaban J connectivity index is 1.50. The van der Waals surface area contributed by atoms with Crippen molar-refractivity contribution in [1.29, 1.82) is 0 Å². The van der Waals surface area contributed by atoms with Crippen LogP contribution in [0, 0.1) is 0 Å². The molecule has 0 aliphatic heterocycles. The summed E-state index contributed by atoms with van der Waals surface area (Å²) in [7, 11) is 0. The minimum absolute atomic E-state index is 0.0838.